The predicted octanol–water partition coefficient (Wildman–Crippen LogP) is 3.58. The topological polar surface area (TPSA) is 124 Å². The standard InChI is InChI=1S/C18H20N4O2.Cu.H2O/c23-17(15-9-3-5-11-19-15)21-13-7-1-2-8-14(13)22-18(24)16-10-4-6-12-20-16;;/h1-3,5,7-9,11,15-16H,4,6,10,12H2,(H2,21,22,23,24);;1H2/q-2;;/p-1. The summed E-state index contributed by atoms with van der Waals surface area (Å²) in [6, 6.07) is 5.89. The molecule has 1 aromatic rings. The largest absolute Gasteiger partial charge is 0.680 e. The number of piperidine rings is 1. The fourth-order valence-corrected chi connectivity index (χ4v) is 2.58. The van der Waals surface area contributed by atoms with Crippen LogP contribution in [0.1, 0.15) is 19.3 Å². The number of benzene rings is 1. The molecule has 26 heavy (non-hydrogen) atoms. The van der Waals surface area contributed by atoms with Crippen molar-refractivity contribution in [2.45, 2.75) is 31.3 Å². The van der Waals surface area contributed by atoms with E-state index < -0.39 is 6.04 Å². The summed E-state index contributed by atoms with van der Waals surface area (Å²) in [5, 5.41) is 16.6. The summed E-state index contributed by atoms with van der Waals surface area (Å²) >= 11 is 0. The Morgan fingerprint density at radius 3 is 2.27 bits per heavy atom. The normalized spacial score (nSPS) is 20.8. The Balaban J connectivity index is 0.00000169. The van der Waals surface area contributed by atoms with Crippen molar-refractivity contribution in [3.05, 3.63) is 70.0 Å². The van der Waals surface area contributed by atoms with E-state index in [4.69, 9.17) is 0 Å². The molecule has 8 heteroatoms. The second-order valence-electron chi connectivity index (χ2n) is 5.63. The van der Waals surface area contributed by atoms with Gasteiger partial charge in [-0.2, -0.15) is 6.20 Å². The molecular formula is C18H21CuN4O3-3. The van der Waals surface area contributed by atoms with Crippen LogP contribution in [0.15, 0.2) is 48.7 Å². The first-order valence-electron chi connectivity index (χ1n) is 8.04. The molecule has 2 aliphatic heterocycles. The minimum atomic E-state index is -0.618. The van der Waals surface area contributed by atoms with Crippen LogP contribution in [0, 0.1) is 0 Å². The molecule has 2 amide bonds. The zero-order valence-electron chi connectivity index (χ0n) is 14.1. The molecule has 1 aromatic carbocycles. The minimum Gasteiger partial charge on any atom is -0.680 e. The molecule has 0 spiro atoms. The van der Waals surface area contributed by atoms with Crippen LogP contribution in [-0.4, -0.2) is 30.4 Å². The van der Waals surface area contributed by atoms with Crippen LogP contribution in [0.5, 0.6) is 0 Å². The third-order valence-corrected chi connectivity index (χ3v) is 3.85. The molecule has 2 heterocycles. The van der Waals surface area contributed by atoms with Crippen molar-refractivity contribution in [2.24, 2.45) is 0 Å². The van der Waals surface area contributed by atoms with Crippen molar-refractivity contribution in [3.63, 3.8) is 0 Å². The first-order valence-corrected chi connectivity index (χ1v) is 8.04. The van der Waals surface area contributed by atoms with Crippen LogP contribution in [0.25, 0.3) is 21.3 Å². The van der Waals surface area contributed by atoms with Crippen LogP contribution < -0.4 is 0 Å². The SMILES string of the molecule is O=C([N-]c1ccccc1[N-]C(=O)C1CCCC[N-]1)C1C=CC=C[N-]1.[Cu].[OH3+]. The minimum absolute atomic E-state index is 0. The van der Waals surface area contributed by atoms with Crippen molar-refractivity contribution < 1.29 is 32.1 Å². The Hall–Kier alpha value is -2.12. The van der Waals surface area contributed by atoms with Gasteiger partial charge in [0.2, 0.25) is 0 Å². The summed E-state index contributed by atoms with van der Waals surface area (Å²) in [5.74, 6) is -0.650. The monoisotopic (exact) mass is 404 g/mol. The first-order chi connectivity index (χ1) is 11.7. The summed E-state index contributed by atoms with van der Waals surface area (Å²) in [6.45, 7) is 0.708. The zero-order chi connectivity index (χ0) is 16.8. The van der Waals surface area contributed by atoms with Gasteiger partial charge in [-0.1, -0.05) is 73.8 Å². The molecule has 0 aromatic heterocycles. The number of allylic oxidation sites excluding steroid dienone is 2. The van der Waals surface area contributed by atoms with Crippen molar-refractivity contribution in [3.8, 4) is 0 Å². The van der Waals surface area contributed by atoms with Crippen LogP contribution >= 0.6 is 0 Å². The maximum atomic E-state index is 12.3. The molecule has 0 saturated carbocycles. The summed E-state index contributed by atoms with van der Waals surface area (Å²) in [6.07, 6.45) is 9.51. The maximum absolute atomic E-state index is 12.3. The van der Waals surface area contributed by atoms with Crippen molar-refractivity contribution in [1.82, 2.24) is 0 Å². The molecular weight excluding hydrogens is 384 g/mol. The number of hydrogen-bond donors (Lipinski definition) is 0. The molecule has 1 fully saturated rings. The summed E-state index contributed by atoms with van der Waals surface area (Å²) in [4.78, 5) is 24.5. The van der Waals surface area contributed by atoms with Gasteiger partial charge in [-0.25, -0.2) is 0 Å². The Kier molecular flexibility index (Phi) is 9.09. The van der Waals surface area contributed by atoms with Crippen molar-refractivity contribution in [2.75, 3.05) is 6.54 Å². The van der Waals surface area contributed by atoms with Gasteiger partial charge in [-0.15, -0.1) is 17.9 Å². The van der Waals surface area contributed by atoms with E-state index in [0.717, 1.165) is 19.3 Å². The van der Waals surface area contributed by atoms with Gasteiger partial charge in [0.25, 0.3) is 0 Å². The Morgan fingerprint density at radius 2 is 1.69 bits per heavy atom. The number of nitrogens with zero attached hydrogens (tertiary/aromatic N) is 4. The van der Waals surface area contributed by atoms with Crippen molar-refractivity contribution >= 4 is 23.2 Å². The van der Waals surface area contributed by atoms with Gasteiger partial charge < -0.3 is 36.3 Å². The summed E-state index contributed by atoms with van der Waals surface area (Å²) in [7, 11) is 0. The second-order valence-corrected chi connectivity index (χ2v) is 5.63. The van der Waals surface area contributed by atoms with E-state index in [1.807, 2.05) is 0 Å². The molecule has 1 radical (unpaired) electrons. The zero-order valence-corrected chi connectivity index (χ0v) is 15.0. The first kappa shape index (κ1) is 21.9. The fraction of sp³-hybridized carbons (Fsp3) is 0.333. The molecule has 2 atom stereocenters. The molecule has 2 unspecified atom stereocenters. The number of carbonyl (C=O) groups excluding carboxylic acids is 2. The smallest absolute Gasteiger partial charge is 0.0435 e. The van der Waals surface area contributed by atoms with Crippen LogP contribution in [0.3, 0.4) is 0 Å². The Morgan fingerprint density at radius 1 is 1.00 bits per heavy atom. The van der Waals surface area contributed by atoms with Gasteiger partial charge in [0, 0.05) is 28.9 Å². The van der Waals surface area contributed by atoms with Gasteiger partial charge in [0.1, 0.15) is 0 Å². The van der Waals surface area contributed by atoms with Crippen LogP contribution in [0.2, 0.25) is 0 Å². The van der Waals surface area contributed by atoms with E-state index in [0.29, 0.717) is 17.9 Å². The molecule has 3 rings (SSSR count). The third-order valence-electron chi connectivity index (χ3n) is 3.85. The van der Waals surface area contributed by atoms with E-state index in [1.165, 1.54) is 0 Å². The van der Waals surface area contributed by atoms with E-state index in [-0.39, 0.29) is 40.4 Å². The number of hydrogen-bond acceptors (Lipinski definition) is 2. The molecule has 2 aliphatic rings. The van der Waals surface area contributed by atoms with Gasteiger partial charge in [0.05, 0.1) is 0 Å². The fourth-order valence-electron chi connectivity index (χ4n) is 2.58. The van der Waals surface area contributed by atoms with E-state index in [1.54, 1.807) is 48.7 Å². The predicted molar refractivity (Wildman–Crippen MR) is 98.7 cm³/mol. The molecule has 1 saturated heterocycles. The maximum Gasteiger partial charge on any atom is 0.0435 e. The van der Waals surface area contributed by atoms with E-state index in [9.17, 15) is 9.59 Å². The third kappa shape index (κ3) is 5.71. The number of rotatable bonds is 4. The van der Waals surface area contributed by atoms with E-state index >= 15 is 0 Å². The molecule has 0 aliphatic carbocycles. The van der Waals surface area contributed by atoms with Gasteiger partial charge in [-0.05, 0) is 0 Å². The molecule has 145 valence electrons. The van der Waals surface area contributed by atoms with Crippen LogP contribution in [0.4, 0.5) is 11.4 Å². The number of amides is 2. The molecule has 7 nitrogen and oxygen atoms in total. The van der Waals surface area contributed by atoms with Crippen molar-refractivity contribution in [1.29, 1.82) is 0 Å². The average Bonchev–Trinajstić information content (AvgIpc) is 2.64. The second kappa shape index (κ2) is 10.8. The van der Waals surface area contributed by atoms with Gasteiger partial charge in [-0.3, -0.25) is 0 Å². The Labute approximate surface area is 163 Å². The molecule has 0 bridgehead atoms. The molecule has 3 N–H and O–H groups in total. The van der Waals surface area contributed by atoms with E-state index in [2.05, 4.69) is 21.3 Å². The summed E-state index contributed by atoms with van der Waals surface area (Å²) < 4.78 is 0. The number of carbonyl (C=O) groups is 2. The van der Waals surface area contributed by atoms with Gasteiger partial charge in [0.15, 0.2) is 0 Å². The van der Waals surface area contributed by atoms with Gasteiger partial charge >= 0.3 is 0 Å². The number of para-hydroxylation sites is 2. The Bertz CT molecular complexity index is 672. The average molecular weight is 405 g/mol. The van der Waals surface area contributed by atoms with Crippen LogP contribution in [-0.2, 0) is 32.1 Å². The quantitative estimate of drug-likeness (QED) is 0.562. The summed E-state index contributed by atoms with van der Waals surface area (Å²) in [5.41, 5.74) is 0.775.